The van der Waals surface area contributed by atoms with Crippen molar-refractivity contribution in [2.24, 2.45) is 5.73 Å². The minimum Gasteiger partial charge on any atom is -0.479 e. The van der Waals surface area contributed by atoms with Crippen molar-refractivity contribution in [1.82, 2.24) is 9.78 Å². The van der Waals surface area contributed by atoms with Crippen LogP contribution in [0.15, 0.2) is 30.3 Å². The number of ether oxygens (including phenoxy) is 1. The summed E-state index contributed by atoms with van der Waals surface area (Å²) in [5.41, 5.74) is 4.05. The van der Waals surface area contributed by atoms with Crippen molar-refractivity contribution >= 4 is 11.8 Å². The normalized spacial score (nSPS) is 11.2. The number of nitrogens with two attached hydrogens (primary N) is 1. The second kappa shape index (κ2) is 5.35. The molecular formula is C12H11F3N4O2. The predicted molar refractivity (Wildman–Crippen MR) is 68.3 cm³/mol. The number of benzene rings is 1. The SMILES string of the molecule is COc1nn(-c2ccccc2)c(NC(N)=O)c1C(F)(F)F. The van der Waals surface area contributed by atoms with Crippen molar-refractivity contribution in [2.75, 3.05) is 12.4 Å². The molecule has 0 atom stereocenters. The van der Waals surface area contributed by atoms with Crippen LogP contribution in [0.2, 0.25) is 0 Å². The lowest BCUT2D eigenvalue weighted by Gasteiger charge is -2.11. The number of anilines is 1. The number of carbonyl (C=O) groups excluding carboxylic acids is 1. The highest BCUT2D eigenvalue weighted by Crippen LogP contribution is 2.42. The molecule has 3 N–H and O–H groups in total. The van der Waals surface area contributed by atoms with E-state index < -0.39 is 29.5 Å². The minimum absolute atomic E-state index is 0.315. The summed E-state index contributed by atoms with van der Waals surface area (Å²) >= 11 is 0. The molecule has 6 nitrogen and oxygen atoms in total. The second-order valence-corrected chi connectivity index (χ2v) is 3.97. The van der Waals surface area contributed by atoms with Gasteiger partial charge in [0.25, 0.3) is 0 Å². The van der Waals surface area contributed by atoms with Crippen LogP contribution in [0, 0.1) is 0 Å². The number of aromatic nitrogens is 2. The molecule has 0 aliphatic rings. The van der Waals surface area contributed by atoms with Gasteiger partial charge in [0, 0.05) is 0 Å². The molecule has 2 rings (SSSR count). The average Bonchev–Trinajstić information content (AvgIpc) is 2.77. The molecule has 0 saturated carbocycles. The van der Waals surface area contributed by atoms with E-state index in [0.29, 0.717) is 5.69 Å². The molecule has 0 radical (unpaired) electrons. The maximum absolute atomic E-state index is 13.1. The van der Waals surface area contributed by atoms with E-state index in [1.165, 1.54) is 12.1 Å². The Labute approximate surface area is 117 Å². The highest BCUT2D eigenvalue weighted by Gasteiger charge is 2.42. The molecule has 2 amide bonds. The Hall–Kier alpha value is -2.71. The van der Waals surface area contributed by atoms with Crippen molar-refractivity contribution in [3.63, 3.8) is 0 Å². The van der Waals surface area contributed by atoms with Gasteiger partial charge in [0.05, 0.1) is 12.8 Å². The lowest BCUT2D eigenvalue weighted by atomic mass is 10.3. The number of hydrogen-bond donors (Lipinski definition) is 2. The number of primary amides is 1. The number of carbonyl (C=O) groups is 1. The topological polar surface area (TPSA) is 82.2 Å². The average molecular weight is 300 g/mol. The maximum atomic E-state index is 13.1. The van der Waals surface area contributed by atoms with Crippen LogP contribution in [0.3, 0.4) is 0 Å². The van der Waals surface area contributed by atoms with Crippen molar-refractivity contribution in [3.8, 4) is 11.6 Å². The van der Waals surface area contributed by atoms with Gasteiger partial charge in [-0.1, -0.05) is 18.2 Å². The molecule has 9 heteroatoms. The summed E-state index contributed by atoms with van der Waals surface area (Å²) < 4.78 is 45.0. The third-order valence-corrected chi connectivity index (χ3v) is 2.57. The summed E-state index contributed by atoms with van der Waals surface area (Å²) in [6.07, 6.45) is -4.77. The molecule has 0 aliphatic carbocycles. The fourth-order valence-corrected chi connectivity index (χ4v) is 1.78. The van der Waals surface area contributed by atoms with Crippen LogP contribution in [0.5, 0.6) is 5.88 Å². The number of halogens is 3. The first-order valence-electron chi connectivity index (χ1n) is 5.70. The van der Waals surface area contributed by atoms with Crippen molar-refractivity contribution in [3.05, 3.63) is 35.9 Å². The van der Waals surface area contributed by atoms with Gasteiger partial charge in [-0.2, -0.15) is 13.2 Å². The lowest BCUT2D eigenvalue weighted by molar-refractivity contribution is -0.138. The molecule has 2 aromatic rings. The first kappa shape index (κ1) is 14.7. The number of urea groups is 1. The van der Waals surface area contributed by atoms with Gasteiger partial charge in [-0.15, -0.1) is 5.10 Å². The highest BCUT2D eigenvalue weighted by atomic mass is 19.4. The van der Waals surface area contributed by atoms with Gasteiger partial charge in [-0.05, 0) is 12.1 Å². The van der Waals surface area contributed by atoms with E-state index in [9.17, 15) is 18.0 Å². The van der Waals surface area contributed by atoms with E-state index in [1.54, 1.807) is 18.2 Å². The van der Waals surface area contributed by atoms with E-state index in [2.05, 4.69) is 9.84 Å². The van der Waals surface area contributed by atoms with Crippen molar-refractivity contribution in [1.29, 1.82) is 0 Å². The number of nitrogens with one attached hydrogen (secondary N) is 1. The van der Waals surface area contributed by atoms with Crippen molar-refractivity contribution < 1.29 is 22.7 Å². The van der Waals surface area contributed by atoms with Gasteiger partial charge in [0.1, 0.15) is 0 Å². The Morgan fingerprint density at radius 1 is 1.33 bits per heavy atom. The van der Waals surface area contributed by atoms with E-state index >= 15 is 0 Å². The monoisotopic (exact) mass is 300 g/mol. The van der Waals surface area contributed by atoms with E-state index in [1.807, 2.05) is 5.32 Å². The molecule has 0 fully saturated rings. The van der Waals surface area contributed by atoms with Crippen LogP contribution < -0.4 is 15.8 Å². The number of alkyl halides is 3. The lowest BCUT2D eigenvalue weighted by Crippen LogP contribution is -2.23. The Morgan fingerprint density at radius 2 is 1.95 bits per heavy atom. The van der Waals surface area contributed by atoms with Crippen LogP contribution in [-0.4, -0.2) is 22.9 Å². The van der Waals surface area contributed by atoms with Gasteiger partial charge in [-0.25, -0.2) is 9.48 Å². The van der Waals surface area contributed by atoms with Gasteiger partial charge < -0.3 is 10.5 Å². The second-order valence-electron chi connectivity index (χ2n) is 3.97. The Kier molecular flexibility index (Phi) is 3.74. The van der Waals surface area contributed by atoms with Crippen LogP contribution >= 0.6 is 0 Å². The summed E-state index contributed by atoms with van der Waals surface area (Å²) in [6.45, 7) is 0. The number of hydrogen-bond acceptors (Lipinski definition) is 3. The standard InChI is InChI=1S/C12H11F3N4O2/c1-21-10-8(12(13,14)15)9(17-11(16)20)19(18-10)7-5-3-2-4-6-7/h2-6H,1H3,(H3,16,17,20). The number of rotatable bonds is 3. The summed E-state index contributed by atoms with van der Waals surface area (Å²) in [5.74, 6) is -1.26. The molecule has 1 aromatic heterocycles. The molecule has 0 unspecified atom stereocenters. The molecule has 0 bridgehead atoms. The largest absolute Gasteiger partial charge is 0.479 e. The third-order valence-electron chi connectivity index (χ3n) is 2.57. The summed E-state index contributed by atoms with van der Waals surface area (Å²) in [6, 6.07) is 6.84. The van der Waals surface area contributed by atoms with Crippen LogP contribution in [-0.2, 0) is 6.18 Å². The van der Waals surface area contributed by atoms with E-state index in [-0.39, 0.29) is 0 Å². The molecule has 1 aromatic carbocycles. The summed E-state index contributed by atoms with van der Waals surface area (Å²) in [7, 11) is 1.06. The van der Waals surface area contributed by atoms with Gasteiger partial charge in [0.15, 0.2) is 11.4 Å². The molecule has 0 spiro atoms. The molecule has 1 heterocycles. The van der Waals surface area contributed by atoms with Crippen LogP contribution in [0.25, 0.3) is 5.69 Å². The molecule has 0 saturated heterocycles. The number of nitrogens with zero attached hydrogens (tertiary/aromatic N) is 2. The third kappa shape index (κ3) is 2.91. The van der Waals surface area contributed by atoms with E-state index in [4.69, 9.17) is 5.73 Å². The fourth-order valence-electron chi connectivity index (χ4n) is 1.78. The predicted octanol–water partition coefficient (Wildman–Crippen LogP) is 2.39. The molecule has 21 heavy (non-hydrogen) atoms. The highest BCUT2D eigenvalue weighted by molar-refractivity contribution is 5.88. The zero-order valence-electron chi connectivity index (χ0n) is 10.8. The Morgan fingerprint density at radius 3 is 2.43 bits per heavy atom. The number of amides is 2. The van der Waals surface area contributed by atoms with Crippen molar-refractivity contribution in [2.45, 2.75) is 6.18 Å². The van der Waals surface area contributed by atoms with Crippen LogP contribution in [0.4, 0.5) is 23.8 Å². The first-order valence-corrected chi connectivity index (χ1v) is 5.70. The number of para-hydroxylation sites is 1. The quantitative estimate of drug-likeness (QED) is 0.913. The summed E-state index contributed by atoms with van der Waals surface area (Å²) in [5, 5.41) is 5.66. The number of methoxy groups -OCH3 is 1. The zero-order valence-corrected chi connectivity index (χ0v) is 10.8. The molecule has 112 valence electrons. The fraction of sp³-hybridized carbons (Fsp3) is 0.167. The summed E-state index contributed by atoms with van der Waals surface area (Å²) in [4.78, 5) is 11.0. The van der Waals surface area contributed by atoms with E-state index in [0.717, 1.165) is 11.8 Å². The molecule has 0 aliphatic heterocycles. The van der Waals surface area contributed by atoms with Gasteiger partial charge >= 0.3 is 12.2 Å². The molecular weight excluding hydrogens is 289 g/mol. The smallest absolute Gasteiger partial charge is 0.425 e. The Balaban J connectivity index is 2.70. The minimum atomic E-state index is -4.77. The van der Waals surface area contributed by atoms with Crippen LogP contribution in [0.1, 0.15) is 5.56 Å². The first-order chi connectivity index (χ1) is 9.84. The maximum Gasteiger partial charge on any atom is 0.425 e. The zero-order chi connectivity index (χ0) is 15.6. The van der Waals surface area contributed by atoms with Gasteiger partial charge in [-0.3, -0.25) is 5.32 Å². The Bertz CT molecular complexity index is 653. The van der Waals surface area contributed by atoms with Gasteiger partial charge in [0.2, 0.25) is 5.88 Å².